The van der Waals surface area contributed by atoms with Gasteiger partial charge in [0.2, 0.25) is 0 Å². The van der Waals surface area contributed by atoms with Gasteiger partial charge < -0.3 is 16.2 Å². The van der Waals surface area contributed by atoms with Gasteiger partial charge in [-0.1, -0.05) is 0 Å². The molecular weight excluding hydrogens is 253 g/mol. The zero-order chi connectivity index (χ0) is 13.9. The summed E-state index contributed by atoms with van der Waals surface area (Å²) < 4.78 is 37.3. The molecule has 0 aliphatic carbocycles. The molecule has 6 nitrogen and oxygen atoms in total. The lowest BCUT2D eigenvalue weighted by Gasteiger charge is -2.15. The minimum Gasteiger partial charge on any atom is -0.396 e. The van der Waals surface area contributed by atoms with Crippen LogP contribution >= 0.6 is 0 Å². The number of hydrogen-bond donors (Lipinski definition) is 3. The van der Waals surface area contributed by atoms with Crippen molar-refractivity contribution in [1.82, 2.24) is 15.1 Å². The summed E-state index contributed by atoms with van der Waals surface area (Å²) in [4.78, 5) is 11.6. The number of aryl methyl sites for hydroxylation is 1. The van der Waals surface area contributed by atoms with Gasteiger partial charge in [0.05, 0.1) is 18.4 Å². The van der Waals surface area contributed by atoms with E-state index in [0.717, 1.165) is 0 Å². The van der Waals surface area contributed by atoms with Crippen LogP contribution in [0.2, 0.25) is 0 Å². The van der Waals surface area contributed by atoms with Gasteiger partial charge in [-0.15, -0.1) is 0 Å². The SMILES string of the molecule is CCn1ncc(N)c1C(=O)NCC(O)C(F)(F)F. The Morgan fingerprint density at radius 1 is 1.67 bits per heavy atom. The van der Waals surface area contributed by atoms with Gasteiger partial charge >= 0.3 is 6.18 Å². The number of nitrogens with zero attached hydrogens (tertiary/aromatic N) is 2. The average molecular weight is 266 g/mol. The van der Waals surface area contributed by atoms with Crippen molar-refractivity contribution in [2.24, 2.45) is 0 Å². The lowest BCUT2D eigenvalue weighted by Crippen LogP contribution is -2.41. The molecule has 0 aliphatic heterocycles. The second-order valence-electron chi connectivity index (χ2n) is 3.53. The molecule has 0 aromatic carbocycles. The number of halogens is 3. The van der Waals surface area contributed by atoms with Crippen LogP contribution in [0.5, 0.6) is 0 Å². The van der Waals surface area contributed by atoms with E-state index in [0.29, 0.717) is 6.54 Å². The van der Waals surface area contributed by atoms with Gasteiger partial charge in [0, 0.05) is 6.54 Å². The van der Waals surface area contributed by atoms with Crippen LogP contribution in [-0.4, -0.2) is 39.6 Å². The average Bonchev–Trinajstić information content (AvgIpc) is 2.65. The number of alkyl halides is 3. The van der Waals surface area contributed by atoms with Crippen LogP contribution in [0.4, 0.5) is 18.9 Å². The molecular formula is C9H13F3N4O2. The molecule has 1 aromatic rings. The van der Waals surface area contributed by atoms with Crippen LogP contribution in [0.15, 0.2) is 6.20 Å². The van der Waals surface area contributed by atoms with Gasteiger partial charge in [-0.3, -0.25) is 9.48 Å². The number of carbonyl (C=O) groups is 1. The topological polar surface area (TPSA) is 93.2 Å². The fourth-order valence-corrected chi connectivity index (χ4v) is 1.28. The zero-order valence-electron chi connectivity index (χ0n) is 9.53. The van der Waals surface area contributed by atoms with Gasteiger partial charge in [-0.2, -0.15) is 18.3 Å². The minimum atomic E-state index is -4.77. The van der Waals surface area contributed by atoms with Crippen molar-refractivity contribution in [3.8, 4) is 0 Å². The molecule has 0 aliphatic rings. The molecule has 0 saturated heterocycles. The maximum atomic E-state index is 12.0. The number of carbonyl (C=O) groups excluding carboxylic acids is 1. The quantitative estimate of drug-likeness (QED) is 0.722. The summed E-state index contributed by atoms with van der Waals surface area (Å²) in [5.41, 5.74) is 5.53. The number of aliphatic hydroxyl groups excluding tert-OH is 1. The van der Waals surface area contributed by atoms with E-state index in [4.69, 9.17) is 10.8 Å². The molecule has 1 unspecified atom stereocenters. The maximum Gasteiger partial charge on any atom is 0.416 e. The van der Waals surface area contributed by atoms with E-state index in [1.807, 2.05) is 5.32 Å². The number of rotatable bonds is 4. The van der Waals surface area contributed by atoms with E-state index in [1.54, 1.807) is 6.92 Å². The van der Waals surface area contributed by atoms with E-state index < -0.39 is 24.7 Å². The molecule has 18 heavy (non-hydrogen) atoms. The van der Waals surface area contributed by atoms with Crippen molar-refractivity contribution >= 4 is 11.6 Å². The first kappa shape index (κ1) is 14.3. The summed E-state index contributed by atoms with van der Waals surface area (Å²) in [6, 6.07) is 0. The summed E-state index contributed by atoms with van der Waals surface area (Å²) >= 11 is 0. The highest BCUT2D eigenvalue weighted by Gasteiger charge is 2.38. The number of aromatic nitrogens is 2. The molecule has 0 saturated carbocycles. The number of nitrogen functional groups attached to an aromatic ring is 1. The van der Waals surface area contributed by atoms with Crippen molar-refractivity contribution < 1.29 is 23.1 Å². The Labute approximate surface area is 101 Å². The Kier molecular flexibility index (Phi) is 4.17. The molecule has 0 spiro atoms. The molecule has 0 fully saturated rings. The fraction of sp³-hybridized carbons (Fsp3) is 0.556. The number of nitrogens with two attached hydrogens (primary N) is 1. The van der Waals surface area contributed by atoms with Crippen LogP contribution in [0.1, 0.15) is 17.4 Å². The first-order valence-corrected chi connectivity index (χ1v) is 5.11. The van der Waals surface area contributed by atoms with Crippen molar-refractivity contribution in [2.75, 3.05) is 12.3 Å². The Bertz CT molecular complexity index is 430. The van der Waals surface area contributed by atoms with E-state index in [1.165, 1.54) is 10.9 Å². The monoisotopic (exact) mass is 266 g/mol. The molecule has 4 N–H and O–H groups in total. The normalized spacial score (nSPS) is 13.4. The van der Waals surface area contributed by atoms with Crippen molar-refractivity contribution in [2.45, 2.75) is 25.7 Å². The van der Waals surface area contributed by atoms with E-state index in [-0.39, 0.29) is 11.4 Å². The molecule has 0 radical (unpaired) electrons. The van der Waals surface area contributed by atoms with Crippen molar-refractivity contribution in [3.63, 3.8) is 0 Å². The van der Waals surface area contributed by atoms with E-state index >= 15 is 0 Å². The number of hydrogen-bond acceptors (Lipinski definition) is 4. The Morgan fingerprint density at radius 2 is 2.28 bits per heavy atom. The minimum absolute atomic E-state index is 0.0214. The van der Waals surface area contributed by atoms with Crippen molar-refractivity contribution in [3.05, 3.63) is 11.9 Å². The summed E-state index contributed by atoms with van der Waals surface area (Å²) in [5, 5.41) is 14.5. The second kappa shape index (κ2) is 5.25. The Balaban J connectivity index is 2.69. The fourth-order valence-electron chi connectivity index (χ4n) is 1.28. The van der Waals surface area contributed by atoms with E-state index in [9.17, 15) is 18.0 Å². The van der Waals surface area contributed by atoms with Gasteiger partial charge in [0.1, 0.15) is 5.69 Å². The first-order chi connectivity index (χ1) is 8.27. The summed E-state index contributed by atoms with van der Waals surface area (Å²) in [5.74, 6) is -0.810. The summed E-state index contributed by atoms with van der Waals surface area (Å²) in [7, 11) is 0. The largest absolute Gasteiger partial charge is 0.416 e. The van der Waals surface area contributed by atoms with E-state index in [2.05, 4.69) is 5.10 Å². The van der Waals surface area contributed by atoms with Crippen LogP contribution in [-0.2, 0) is 6.54 Å². The molecule has 102 valence electrons. The molecule has 1 rings (SSSR count). The van der Waals surface area contributed by atoms with Gasteiger partial charge in [0.15, 0.2) is 6.10 Å². The highest BCUT2D eigenvalue weighted by atomic mass is 19.4. The molecule has 0 bridgehead atoms. The zero-order valence-corrected chi connectivity index (χ0v) is 9.53. The third kappa shape index (κ3) is 3.13. The number of aliphatic hydroxyl groups is 1. The molecule has 1 heterocycles. The smallest absolute Gasteiger partial charge is 0.396 e. The second-order valence-corrected chi connectivity index (χ2v) is 3.53. The predicted octanol–water partition coefficient (Wildman–Crippen LogP) is 0.138. The molecule has 1 atom stereocenters. The summed E-state index contributed by atoms with van der Waals surface area (Å²) in [6.45, 7) is 1.12. The van der Waals surface area contributed by atoms with Gasteiger partial charge in [-0.25, -0.2) is 0 Å². The maximum absolute atomic E-state index is 12.0. The Morgan fingerprint density at radius 3 is 2.78 bits per heavy atom. The van der Waals surface area contributed by atoms with Crippen LogP contribution in [0.3, 0.4) is 0 Å². The highest BCUT2D eigenvalue weighted by molar-refractivity contribution is 5.97. The standard InChI is InChI=1S/C9H13F3N4O2/c1-2-16-7(5(13)3-15-16)8(18)14-4-6(17)9(10,11)12/h3,6,17H,2,4,13H2,1H3,(H,14,18). The summed E-state index contributed by atoms with van der Waals surface area (Å²) in [6.07, 6.45) is -6.15. The van der Waals surface area contributed by atoms with Crippen LogP contribution < -0.4 is 11.1 Å². The van der Waals surface area contributed by atoms with Gasteiger partial charge in [0.25, 0.3) is 5.91 Å². The highest BCUT2D eigenvalue weighted by Crippen LogP contribution is 2.19. The third-order valence-electron chi connectivity index (χ3n) is 2.22. The lowest BCUT2D eigenvalue weighted by atomic mass is 10.3. The first-order valence-electron chi connectivity index (χ1n) is 5.11. The molecule has 1 aromatic heterocycles. The Hall–Kier alpha value is -1.77. The predicted molar refractivity (Wildman–Crippen MR) is 56.7 cm³/mol. The van der Waals surface area contributed by atoms with Gasteiger partial charge in [-0.05, 0) is 6.92 Å². The van der Waals surface area contributed by atoms with Crippen LogP contribution in [0, 0.1) is 0 Å². The van der Waals surface area contributed by atoms with Crippen LogP contribution in [0.25, 0.3) is 0 Å². The molecule has 1 amide bonds. The third-order valence-corrected chi connectivity index (χ3v) is 2.22. The number of nitrogens with one attached hydrogen (secondary N) is 1. The number of anilines is 1. The molecule has 9 heteroatoms. The van der Waals surface area contributed by atoms with Crippen molar-refractivity contribution in [1.29, 1.82) is 0 Å². The lowest BCUT2D eigenvalue weighted by molar-refractivity contribution is -0.201. The number of amides is 1.